The van der Waals surface area contributed by atoms with Crippen molar-refractivity contribution in [3.63, 3.8) is 0 Å². The van der Waals surface area contributed by atoms with Crippen LogP contribution in [0.3, 0.4) is 0 Å². The van der Waals surface area contributed by atoms with Gasteiger partial charge in [0.2, 0.25) is 11.7 Å². The van der Waals surface area contributed by atoms with Gasteiger partial charge in [-0.3, -0.25) is 0 Å². The van der Waals surface area contributed by atoms with E-state index in [0.717, 1.165) is 12.8 Å². The van der Waals surface area contributed by atoms with E-state index in [-0.39, 0.29) is 11.5 Å². The van der Waals surface area contributed by atoms with Gasteiger partial charge < -0.3 is 9.26 Å². The number of rotatable bonds is 5. The van der Waals surface area contributed by atoms with Crippen LogP contribution in [0.25, 0.3) is 0 Å². The molecule has 9 heteroatoms. The molecule has 21 heavy (non-hydrogen) atoms. The predicted octanol–water partition coefficient (Wildman–Crippen LogP) is 3.22. The van der Waals surface area contributed by atoms with Crippen LogP contribution in [0.4, 0.5) is 0 Å². The van der Waals surface area contributed by atoms with Gasteiger partial charge in [0.25, 0.3) is 9.05 Å². The minimum atomic E-state index is -3.76. The molecule has 112 valence electrons. The molecule has 1 fully saturated rings. The van der Waals surface area contributed by atoms with Crippen molar-refractivity contribution in [2.45, 2.75) is 30.3 Å². The van der Waals surface area contributed by atoms with Crippen molar-refractivity contribution in [1.29, 1.82) is 0 Å². The van der Waals surface area contributed by atoms with Gasteiger partial charge in [-0.2, -0.15) is 4.98 Å². The summed E-state index contributed by atoms with van der Waals surface area (Å²) in [6, 6.07) is 4.26. The standard InChI is InChI=1S/C12H10BrClN2O4S/c13-9-5-8(21(14,17)18)3-4-10(9)19-6-11-15-12(20-16-11)7-1-2-7/h3-5,7H,1-2,6H2. The lowest BCUT2D eigenvalue weighted by molar-refractivity contribution is 0.283. The number of hydrogen-bond donors (Lipinski definition) is 0. The van der Waals surface area contributed by atoms with Crippen molar-refractivity contribution in [3.8, 4) is 5.75 Å². The van der Waals surface area contributed by atoms with Crippen LogP contribution >= 0.6 is 26.6 Å². The Kier molecular flexibility index (Phi) is 3.94. The second-order valence-corrected chi connectivity index (χ2v) is 8.06. The van der Waals surface area contributed by atoms with E-state index in [0.29, 0.717) is 27.9 Å². The predicted molar refractivity (Wildman–Crippen MR) is 77.8 cm³/mol. The summed E-state index contributed by atoms with van der Waals surface area (Å²) in [6.45, 7) is 0.141. The molecule has 0 bridgehead atoms. The van der Waals surface area contributed by atoms with Gasteiger partial charge >= 0.3 is 0 Å². The Labute approximate surface area is 134 Å². The fourth-order valence-corrected chi connectivity index (χ4v) is 3.14. The second kappa shape index (κ2) is 5.58. The Morgan fingerprint density at radius 2 is 2.19 bits per heavy atom. The number of hydrogen-bond acceptors (Lipinski definition) is 6. The van der Waals surface area contributed by atoms with E-state index in [1.165, 1.54) is 18.2 Å². The molecular formula is C12H10BrClN2O4S. The van der Waals surface area contributed by atoms with Gasteiger partial charge in [0.1, 0.15) is 5.75 Å². The molecule has 0 saturated heterocycles. The summed E-state index contributed by atoms with van der Waals surface area (Å²) in [5.41, 5.74) is 0. The molecule has 0 spiro atoms. The largest absolute Gasteiger partial charge is 0.484 e. The lowest BCUT2D eigenvalue weighted by Gasteiger charge is -2.06. The molecule has 1 heterocycles. The van der Waals surface area contributed by atoms with Gasteiger partial charge in [0, 0.05) is 16.6 Å². The van der Waals surface area contributed by atoms with E-state index in [4.69, 9.17) is 19.9 Å². The Hall–Kier alpha value is -1.12. The first-order valence-corrected chi connectivity index (χ1v) is 9.23. The van der Waals surface area contributed by atoms with Crippen LogP contribution < -0.4 is 4.74 Å². The van der Waals surface area contributed by atoms with Gasteiger partial charge in [-0.15, -0.1) is 0 Å². The summed E-state index contributed by atoms with van der Waals surface area (Å²) in [6.07, 6.45) is 2.17. The van der Waals surface area contributed by atoms with Crippen LogP contribution in [0, 0.1) is 0 Å². The molecule has 0 amide bonds. The first kappa shape index (κ1) is 14.8. The van der Waals surface area contributed by atoms with E-state index < -0.39 is 9.05 Å². The van der Waals surface area contributed by atoms with E-state index in [9.17, 15) is 8.42 Å². The molecule has 1 aromatic heterocycles. The minimum absolute atomic E-state index is 0.000951. The second-order valence-electron chi connectivity index (χ2n) is 4.64. The average molecular weight is 394 g/mol. The first-order chi connectivity index (χ1) is 9.93. The van der Waals surface area contributed by atoms with Crippen LogP contribution in [0.2, 0.25) is 0 Å². The lowest BCUT2D eigenvalue weighted by Crippen LogP contribution is -1.99. The lowest BCUT2D eigenvalue weighted by atomic mass is 10.3. The molecule has 1 aliphatic carbocycles. The molecule has 2 aromatic rings. The van der Waals surface area contributed by atoms with Gasteiger partial charge in [-0.25, -0.2) is 8.42 Å². The highest BCUT2D eigenvalue weighted by atomic mass is 79.9. The highest BCUT2D eigenvalue weighted by molar-refractivity contribution is 9.10. The summed E-state index contributed by atoms with van der Waals surface area (Å²) in [5, 5.41) is 3.84. The maximum atomic E-state index is 11.2. The summed E-state index contributed by atoms with van der Waals surface area (Å²) < 4.78 is 33.6. The zero-order valence-corrected chi connectivity index (χ0v) is 13.8. The zero-order chi connectivity index (χ0) is 15.0. The third-order valence-electron chi connectivity index (χ3n) is 2.95. The molecule has 1 aliphatic rings. The Morgan fingerprint density at radius 3 is 2.81 bits per heavy atom. The molecule has 3 rings (SSSR count). The van der Waals surface area contributed by atoms with Gasteiger partial charge in [-0.1, -0.05) is 5.16 Å². The quantitative estimate of drug-likeness (QED) is 0.725. The Morgan fingerprint density at radius 1 is 1.43 bits per heavy atom. The van der Waals surface area contributed by atoms with Crippen LogP contribution in [0.15, 0.2) is 32.1 Å². The van der Waals surface area contributed by atoms with Crippen molar-refractivity contribution in [1.82, 2.24) is 10.1 Å². The first-order valence-electron chi connectivity index (χ1n) is 6.13. The van der Waals surface area contributed by atoms with Crippen LogP contribution in [0.5, 0.6) is 5.75 Å². The van der Waals surface area contributed by atoms with Crippen LogP contribution in [-0.4, -0.2) is 18.6 Å². The third-order valence-corrected chi connectivity index (χ3v) is 4.92. The summed E-state index contributed by atoms with van der Waals surface area (Å²) in [4.78, 5) is 4.24. The highest BCUT2D eigenvalue weighted by Gasteiger charge is 2.29. The van der Waals surface area contributed by atoms with Gasteiger partial charge in [0.05, 0.1) is 9.37 Å². The smallest absolute Gasteiger partial charge is 0.261 e. The van der Waals surface area contributed by atoms with Gasteiger partial charge in [0.15, 0.2) is 6.61 Å². The molecule has 1 aromatic carbocycles. The maximum absolute atomic E-state index is 11.2. The summed E-state index contributed by atoms with van der Waals surface area (Å²) in [5.74, 6) is 1.97. The Balaban J connectivity index is 1.69. The van der Waals surface area contributed by atoms with E-state index in [2.05, 4.69) is 26.1 Å². The number of halogens is 2. The normalized spacial score (nSPS) is 15.1. The molecule has 0 N–H and O–H groups in total. The number of ether oxygens (including phenoxy) is 1. The molecule has 0 unspecified atom stereocenters. The van der Waals surface area contributed by atoms with Crippen LogP contribution in [-0.2, 0) is 15.7 Å². The topological polar surface area (TPSA) is 82.3 Å². The molecule has 0 radical (unpaired) electrons. The SMILES string of the molecule is O=S(=O)(Cl)c1ccc(OCc2noc(C3CC3)n2)c(Br)c1. The van der Waals surface area contributed by atoms with Crippen molar-refractivity contribution < 1.29 is 17.7 Å². The zero-order valence-electron chi connectivity index (χ0n) is 10.6. The fourth-order valence-electron chi connectivity index (χ4n) is 1.71. The monoisotopic (exact) mass is 392 g/mol. The minimum Gasteiger partial charge on any atom is -0.484 e. The van der Waals surface area contributed by atoms with Crippen molar-refractivity contribution in [2.24, 2.45) is 0 Å². The van der Waals surface area contributed by atoms with Crippen molar-refractivity contribution in [2.75, 3.05) is 0 Å². The van der Waals surface area contributed by atoms with Crippen LogP contribution in [0.1, 0.15) is 30.5 Å². The molecule has 0 atom stereocenters. The molecule has 1 saturated carbocycles. The number of aromatic nitrogens is 2. The fraction of sp³-hybridized carbons (Fsp3) is 0.333. The van der Waals surface area contributed by atoms with E-state index >= 15 is 0 Å². The molecule has 0 aliphatic heterocycles. The third kappa shape index (κ3) is 3.56. The highest BCUT2D eigenvalue weighted by Crippen LogP contribution is 2.38. The number of nitrogens with zero attached hydrogens (tertiary/aromatic N) is 2. The average Bonchev–Trinajstić information content (AvgIpc) is 3.16. The van der Waals surface area contributed by atoms with Crippen molar-refractivity contribution >= 4 is 35.7 Å². The van der Waals surface area contributed by atoms with E-state index in [1.807, 2.05) is 0 Å². The maximum Gasteiger partial charge on any atom is 0.261 e. The summed E-state index contributed by atoms with van der Waals surface area (Å²) >= 11 is 3.24. The number of benzene rings is 1. The molecular weight excluding hydrogens is 384 g/mol. The Bertz CT molecular complexity index is 773. The van der Waals surface area contributed by atoms with E-state index in [1.54, 1.807) is 0 Å². The molecule has 6 nitrogen and oxygen atoms in total. The van der Waals surface area contributed by atoms with Crippen molar-refractivity contribution in [3.05, 3.63) is 34.4 Å². The summed E-state index contributed by atoms with van der Waals surface area (Å²) in [7, 11) is 1.51. The van der Waals surface area contributed by atoms with Gasteiger partial charge in [-0.05, 0) is 47.0 Å².